The molecule has 0 fully saturated rings. The van der Waals surface area contributed by atoms with E-state index in [1.54, 1.807) is 31.2 Å². The van der Waals surface area contributed by atoms with Gasteiger partial charge in [-0.3, -0.25) is 0 Å². The number of aromatic carboxylic acids is 1. The number of hydrogen-bond donors (Lipinski definition) is 1. The van der Waals surface area contributed by atoms with Crippen LogP contribution in [0.3, 0.4) is 0 Å². The molecular formula is C16H12BrN3O4S. The molecule has 1 heterocycles. The van der Waals surface area contributed by atoms with E-state index in [1.807, 2.05) is 0 Å². The first kappa shape index (κ1) is 17.3. The number of rotatable bonds is 4. The number of benzene rings is 2. The summed E-state index contributed by atoms with van der Waals surface area (Å²) in [5.74, 6) is -1.08. The maximum absolute atomic E-state index is 12.8. The minimum absolute atomic E-state index is 0.0738. The zero-order valence-corrected chi connectivity index (χ0v) is 15.3. The van der Waals surface area contributed by atoms with Crippen molar-refractivity contribution in [3.8, 4) is 5.69 Å². The number of carbonyl (C=O) groups is 1. The second kappa shape index (κ2) is 6.41. The average Bonchev–Trinajstić information content (AvgIpc) is 2.97. The Bertz CT molecular complexity index is 1060. The summed E-state index contributed by atoms with van der Waals surface area (Å²) < 4.78 is 27.6. The molecule has 0 aliphatic carbocycles. The van der Waals surface area contributed by atoms with Crippen molar-refractivity contribution in [2.24, 2.45) is 0 Å². The average molecular weight is 422 g/mol. The van der Waals surface area contributed by atoms with Gasteiger partial charge in [0.15, 0.2) is 0 Å². The van der Waals surface area contributed by atoms with Crippen LogP contribution in [0.15, 0.2) is 62.9 Å². The first-order valence-electron chi connectivity index (χ1n) is 7.07. The molecule has 0 saturated heterocycles. The van der Waals surface area contributed by atoms with Crippen LogP contribution in [0.5, 0.6) is 0 Å². The smallest absolute Gasteiger partial charge is 0.335 e. The summed E-state index contributed by atoms with van der Waals surface area (Å²) in [6.45, 7) is 1.57. The van der Waals surface area contributed by atoms with E-state index in [1.165, 1.54) is 28.9 Å². The number of carboxylic acid groups (broad SMARTS) is 1. The lowest BCUT2D eigenvalue weighted by Crippen LogP contribution is -2.06. The molecule has 0 unspecified atom stereocenters. The van der Waals surface area contributed by atoms with Gasteiger partial charge in [0.2, 0.25) is 14.9 Å². The lowest BCUT2D eigenvalue weighted by Gasteiger charge is -2.06. The highest BCUT2D eigenvalue weighted by atomic mass is 79.9. The second-order valence-corrected chi connectivity index (χ2v) is 7.99. The normalized spacial score (nSPS) is 11.4. The molecule has 0 atom stereocenters. The summed E-state index contributed by atoms with van der Waals surface area (Å²) in [6, 6.07) is 12.2. The first-order valence-corrected chi connectivity index (χ1v) is 9.35. The Kier molecular flexibility index (Phi) is 4.44. The second-order valence-electron chi connectivity index (χ2n) is 5.20. The molecule has 128 valence electrons. The van der Waals surface area contributed by atoms with E-state index in [-0.39, 0.29) is 15.5 Å². The fraction of sp³-hybridized carbons (Fsp3) is 0.0625. The topological polar surface area (TPSA) is 102 Å². The number of hydrogen-bond acceptors (Lipinski definition) is 5. The molecule has 1 N–H and O–H groups in total. The largest absolute Gasteiger partial charge is 0.478 e. The Hall–Kier alpha value is -2.52. The Morgan fingerprint density at radius 1 is 1.16 bits per heavy atom. The predicted octanol–water partition coefficient (Wildman–Crippen LogP) is 2.87. The van der Waals surface area contributed by atoms with Crippen LogP contribution in [0.1, 0.15) is 16.1 Å². The summed E-state index contributed by atoms with van der Waals surface area (Å²) in [5, 5.41) is 16.6. The van der Waals surface area contributed by atoms with Crippen LogP contribution in [-0.4, -0.2) is 34.5 Å². The standard InChI is InChI=1S/C16H12BrN3O4S/c1-10-15(25(23,24)14-7-5-12(17)6-8-14)18-19-20(10)13-4-2-3-11(9-13)16(21)22/h2-9H,1H3,(H,21,22). The Labute approximate surface area is 152 Å². The van der Waals surface area contributed by atoms with Crippen LogP contribution in [0.4, 0.5) is 0 Å². The number of sulfone groups is 1. The first-order chi connectivity index (χ1) is 11.8. The molecule has 7 nitrogen and oxygen atoms in total. The van der Waals surface area contributed by atoms with Gasteiger partial charge in [-0.2, -0.15) is 0 Å². The fourth-order valence-electron chi connectivity index (χ4n) is 2.30. The lowest BCUT2D eigenvalue weighted by molar-refractivity contribution is 0.0697. The third-order valence-corrected chi connectivity index (χ3v) is 5.88. The quantitative estimate of drug-likeness (QED) is 0.694. The summed E-state index contributed by atoms with van der Waals surface area (Å²) >= 11 is 3.26. The summed E-state index contributed by atoms with van der Waals surface area (Å²) in [5.41, 5.74) is 0.789. The summed E-state index contributed by atoms with van der Waals surface area (Å²) in [4.78, 5) is 11.2. The Morgan fingerprint density at radius 3 is 2.48 bits per heavy atom. The predicted molar refractivity (Wildman–Crippen MR) is 92.6 cm³/mol. The van der Waals surface area contributed by atoms with Crippen LogP contribution in [0.2, 0.25) is 0 Å². The molecular weight excluding hydrogens is 410 g/mol. The van der Waals surface area contributed by atoms with Crippen molar-refractivity contribution < 1.29 is 18.3 Å². The van der Waals surface area contributed by atoms with E-state index in [4.69, 9.17) is 5.11 Å². The molecule has 3 rings (SSSR count). The number of aromatic nitrogens is 3. The number of nitrogens with zero attached hydrogens (tertiary/aromatic N) is 3. The molecule has 25 heavy (non-hydrogen) atoms. The molecule has 0 bridgehead atoms. The van der Waals surface area contributed by atoms with Crippen molar-refractivity contribution in [2.75, 3.05) is 0 Å². The molecule has 3 aromatic rings. The van der Waals surface area contributed by atoms with E-state index in [2.05, 4.69) is 26.2 Å². The fourth-order valence-corrected chi connectivity index (χ4v) is 3.91. The molecule has 2 aromatic carbocycles. The minimum Gasteiger partial charge on any atom is -0.478 e. The zero-order chi connectivity index (χ0) is 18.2. The van der Waals surface area contributed by atoms with Gasteiger partial charge in [-0.1, -0.05) is 27.2 Å². The highest BCUT2D eigenvalue weighted by Crippen LogP contribution is 2.24. The van der Waals surface area contributed by atoms with Crippen LogP contribution < -0.4 is 0 Å². The summed E-state index contributed by atoms with van der Waals surface area (Å²) in [6.07, 6.45) is 0. The molecule has 0 aliphatic heterocycles. The van der Waals surface area contributed by atoms with Gasteiger partial charge in [0, 0.05) is 4.47 Å². The summed E-state index contributed by atoms with van der Waals surface area (Å²) in [7, 11) is -3.83. The molecule has 0 saturated carbocycles. The Morgan fingerprint density at radius 2 is 1.84 bits per heavy atom. The molecule has 9 heteroatoms. The van der Waals surface area contributed by atoms with Crippen molar-refractivity contribution in [1.29, 1.82) is 0 Å². The molecule has 0 radical (unpaired) electrons. The van der Waals surface area contributed by atoms with Gasteiger partial charge in [-0.25, -0.2) is 17.9 Å². The van der Waals surface area contributed by atoms with E-state index >= 15 is 0 Å². The van der Waals surface area contributed by atoms with Gasteiger partial charge in [-0.15, -0.1) is 5.10 Å². The van der Waals surface area contributed by atoms with E-state index in [9.17, 15) is 13.2 Å². The third kappa shape index (κ3) is 3.20. The van der Waals surface area contributed by atoms with Gasteiger partial charge in [0.05, 0.1) is 21.8 Å². The van der Waals surface area contributed by atoms with Gasteiger partial charge >= 0.3 is 5.97 Å². The highest BCUT2D eigenvalue weighted by Gasteiger charge is 2.26. The monoisotopic (exact) mass is 421 g/mol. The molecule has 0 spiro atoms. The van der Waals surface area contributed by atoms with Crippen LogP contribution in [0.25, 0.3) is 5.69 Å². The zero-order valence-electron chi connectivity index (χ0n) is 12.9. The van der Waals surface area contributed by atoms with E-state index < -0.39 is 15.8 Å². The van der Waals surface area contributed by atoms with Crippen molar-refractivity contribution in [3.05, 3.63) is 64.3 Å². The highest BCUT2D eigenvalue weighted by molar-refractivity contribution is 9.10. The van der Waals surface area contributed by atoms with Crippen molar-refractivity contribution in [2.45, 2.75) is 16.8 Å². The maximum Gasteiger partial charge on any atom is 0.335 e. The molecule has 0 aliphatic rings. The SMILES string of the molecule is Cc1c(S(=O)(=O)c2ccc(Br)cc2)nnn1-c1cccc(C(=O)O)c1. The Balaban J connectivity index is 2.08. The van der Waals surface area contributed by atoms with Crippen molar-refractivity contribution in [1.82, 2.24) is 15.0 Å². The van der Waals surface area contributed by atoms with E-state index in [0.717, 1.165) is 4.47 Å². The van der Waals surface area contributed by atoms with Crippen molar-refractivity contribution in [3.63, 3.8) is 0 Å². The molecule has 0 amide bonds. The van der Waals surface area contributed by atoms with Crippen LogP contribution in [0, 0.1) is 6.92 Å². The van der Waals surface area contributed by atoms with Gasteiger partial charge in [-0.05, 0) is 49.4 Å². The lowest BCUT2D eigenvalue weighted by atomic mass is 10.2. The maximum atomic E-state index is 12.8. The van der Waals surface area contributed by atoms with Crippen molar-refractivity contribution >= 4 is 31.7 Å². The molecule has 1 aromatic heterocycles. The third-order valence-electron chi connectivity index (χ3n) is 3.57. The van der Waals surface area contributed by atoms with Gasteiger partial charge in [0.1, 0.15) is 0 Å². The van der Waals surface area contributed by atoms with E-state index in [0.29, 0.717) is 11.4 Å². The van der Waals surface area contributed by atoms with Crippen LogP contribution in [-0.2, 0) is 9.84 Å². The van der Waals surface area contributed by atoms with Gasteiger partial charge < -0.3 is 5.11 Å². The van der Waals surface area contributed by atoms with Crippen LogP contribution >= 0.6 is 15.9 Å². The number of halogens is 1. The minimum atomic E-state index is -3.83. The number of carboxylic acids is 1. The van der Waals surface area contributed by atoms with Gasteiger partial charge in [0.25, 0.3) is 0 Å².